The van der Waals surface area contributed by atoms with Crippen molar-refractivity contribution in [2.24, 2.45) is 0 Å². The summed E-state index contributed by atoms with van der Waals surface area (Å²) in [5, 5.41) is 11.4. The molecule has 0 aromatic heterocycles. The third kappa shape index (κ3) is 1.59. The summed E-state index contributed by atoms with van der Waals surface area (Å²) in [7, 11) is 0. The molecule has 2 rings (SSSR count). The van der Waals surface area contributed by atoms with Crippen LogP contribution in [-0.2, 0) is 0 Å². The van der Waals surface area contributed by atoms with Gasteiger partial charge < -0.3 is 0 Å². The van der Waals surface area contributed by atoms with Gasteiger partial charge >= 0.3 is 0 Å². The van der Waals surface area contributed by atoms with Gasteiger partial charge in [0.2, 0.25) is 0 Å². The SMILES string of the molecule is Cc1c(C(C)C#N)ccc2ccccc12. The molecule has 0 saturated carbocycles. The summed E-state index contributed by atoms with van der Waals surface area (Å²) in [6.45, 7) is 4.03. The summed E-state index contributed by atoms with van der Waals surface area (Å²) >= 11 is 0. The highest BCUT2D eigenvalue weighted by Crippen LogP contribution is 2.26. The number of nitrogens with zero attached hydrogens (tertiary/aromatic N) is 1. The summed E-state index contributed by atoms with van der Waals surface area (Å²) in [5.74, 6) is -0.0328. The maximum atomic E-state index is 8.93. The average molecular weight is 195 g/mol. The second-order valence-corrected chi connectivity index (χ2v) is 3.85. The number of aryl methyl sites for hydroxylation is 1. The molecule has 1 nitrogen and oxygen atoms in total. The molecule has 0 fully saturated rings. The standard InChI is InChI=1S/C14H13N/c1-10(9-15)13-8-7-12-5-3-4-6-14(12)11(13)2/h3-8,10H,1-2H3. The molecule has 0 aliphatic rings. The van der Waals surface area contributed by atoms with Crippen LogP contribution in [0.15, 0.2) is 36.4 Å². The van der Waals surface area contributed by atoms with Gasteiger partial charge in [-0.15, -0.1) is 0 Å². The largest absolute Gasteiger partial charge is 0.198 e. The Balaban J connectivity index is 2.71. The van der Waals surface area contributed by atoms with Crippen LogP contribution < -0.4 is 0 Å². The topological polar surface area (TPSA) is 23.8 Å². The first-order chi connectivity index (χ1) is 7.24. The maximum Gasteiger partial charge on any atom is 0.0701 e. The zero-order valence-electron chi connectivity index (χ0n) is 8.99. The molecule has 0 amide bonds. The molecule has 2 aromatic carbocycles. The summed E-state index contributed by atoms with van der Waals surface area (Å²) in [5.41, 5.74) is 2.36. The van der Waals surface area contributed by atoms with E-state index in [0.29, 0.717) is 0 Å². The summed E-state index contributed by atoms with van der Waals surface area (Å²) in [6, 6.07) is 14.7. The average Bonchev–Trinajstić information content (AvgIpc) is 2.29. The lowest BCUT2D eigenvalue weighted by Crippen LogP contribution is -1.94. The van der Waals surface area contributed by atoms with Crippen LogP contribution in [0.2, 0.25) is 0 Å². The monoisotopic (exact) mass is 195 g/mol. The Bertz CT molecular complexity index is 535. The highest BCUT2D eigenvalue weighted by atomic mass is 14.3. The van der Waals surface area contributed by atoms with Crippen LogP contribution in [0.3, 0.4) is 0 Å². The third-order valence-corrected chi connectivity index (χ3v) is 2.90. The van der Waals surface area contributed by atoms with Gasteiger partial charge in [0, 0.05) is 0 Å². The smallest absolute Gasteiger partial charge is 0.0701 e. The Labute approximate surface area is 90.0 Å². The lowest BCUT2D eigenvalue weighted by atomic mass is 9.93. The van der Waals surface area contributed by atoms with Crippen molar-refractivity contribution in [1.82, 2.24) is 0 Å². The van der Waals surface area contributed by atoms with E-state index in [9.17, 15) is 0 Å². The van der Waals surface area contributed by atoms with Crippen molar-refractivity contribution >= 4 is 10.8 Å². The van der Waals surface area contributed by atoms with E-state index in [-0.39, 0.29) is 5.92 Å². The first-order valence-corrected chi connectivity index (χ1v) is 5.12. The fraction of sp³-hybridized carbons (Fsp3) is 0.214. The first kappa shape index (κ1) is 9.73. The van der Waals surface area contributed by atoms with Crippen LogP contribution in [0.1, 0.15) is 24.0 Å². The lowest BCUT2D eigenvalue weighted by molar-refractivity contribution is 0.971. The van der Waals surface area contributed by atoms with Crippen LogP contribution in [0.25, 0.3) is 10.8 Å². The molecule has 15 heavy (non-hydrogen) atoms. The van der Waals surface area contributed by atoms with Crippen molar-refractivity contribution in [3.05, 3.63) is 47.5 Å². The van der Waals surface area contributed by atoms with Gasteiger partial charge in [0.15, 0.2) is 0 Å². The van der Waals surface area contributed by atoms with E-state index in [1.807, 2.05) is 19.1 Å². The zero-order chi connectivity index (χ0) is 10.8. The van der Waals surface area contributed by atoms with Gasteiger partial charge in [0.1, 0.15) is 0 Å². The molecular weight excluding hydrogens is 182 g/mol. The quantitative estimate of drug-likeness (QED) is 0.679. The van der Waals surface area contributed by atoms with E-state index < -0.39 is 0 Å². The van der Waals surface area contributed by atoms with Gasteiger partial charge in [0.05, 0.1) is 12.0 Å². The molecule has 0 N–H and O–H groups in total. The summed E-state index contributed by atoms with van der Waals surface area (Å²) < 4.78 is 0. The van der Waals surface area contributed by atoms with Crippen molar-refractivity contribution in [1.29, 1.82) is 5.26 Å². The van der Waals surface area contributed by atoms with Gasteiger partial charge in [0.25, 0.3) is 0 Å². The second-order valence-electron chi connectivity index (χ2n) is 3.85. The Morgan fingerprint density at radius 3 is 2.60 bits per heavy atom. The Kier molecular flexibility index (Phi) is 2.43. The molecule has 74 valence electrons. The van der Waals surface area contributed by atoms with Crippen LogP contribution in [-0.4, -0.2) is 0 Å². The van der Waals surface area contributed by atoms with Crippen molar-refractivity contribution in [2.45, 2.75) is 19.8 Å². The van der Waals surface area contributed by atoms with E-state index in [1.54, 1.807) is 0 Å². The molecule has 0 spiro atoms. The number of benzene rings is 2. The minimum atomic E-state index is -0.0328. The number of fused-ring (bicyclic) bond motifs is 1. The van der Waals surface area contributed by atoms with Gasteiger partial charge in [-0.25, -0.2) is 0 Å². The van der Waals surface area contributed by atoms with Crippen LogP contribution in [0.5, 0.6) is 0 Å². The molecule has 0 radical (unpaired) electrons. The molecule has 1 atom stereocenters. The fourth-order valence-corrected chi connectivity index (χ4v) is 1.98. The molecule has 0 aliphatic carbocycles. The highest BCUT2D eigenvalue weighted by molar-refractivity contribution is 5.86. The minimum Gasteiger partial charge on any atom is -0.198 e. The zero-order valence-corrected chi connectivity index (χ0v) is 8.99. The Morgan fingerprint density at radius 2 is 1.87 bits per heavy atom. The van der Waals surface area contributed by atoms with E-state index in [0.717, 1.165) is 5.56 Å². The third-order valence-electron chi connectivity index (χ3n) is 2.90. The highest BCUT2D eigenvalue weighted by Gasteiger charge is 2.08. The van der Waals surface area contributed by atoms with E-state index in [4.69, 9.17) is 5.26 Å². The number of rotatable bonds is 1. The predicted octanol–water partition coefficient (Wildman–Crippen LogP) is 3.78. The van der Waals surface area contributed by atoms with Gasteiger partial charge in [-0.05, 0) is 35.7 Å². The summed E-state index contributed by atoms with van der Waals surface area (Å²) in [4.78, 5) is 0. The van der Waals surface area contributed by atoms with Gasteiger partial charge in [-0.1, -0.05) is 36.4 Å². The molecule has 2 aromatic rings. The molecular formula is C14H13N. The number of hydrogen-bond donors (Lipinski definition) is 0. The molecule has 0 bridgehead atoms. The fourth-order valence-electron chi connectivity index (χ4n) is 1.98. The van der Waals surface area contributed by atoms with Crippen molar-refractivity contribution in [3.8, 4) is 6.07 Å². The number of hydrogen-bond acceptors (Lipinski definition) is 1. The van der Waals surface area contributed by atoms with E-state index in [2.05, 4.69) is 37.3 Å². The Hall–Kier alpha value is -1.81. The normalized spacial score (nSPS) is 12.3. The van der Waals surface area contributed by atoms with Crippen molar-refractivity contribution in [3.63, 3.8) is 0 Å². The lowest BCUT2D eigenvalue weighted by Gasteiger charge is -2.10. The van der Waals surface area contributed by atoms with Gasteiger partial charge in [-0.2, -0.15) is 5.26 Å². The van der Waals surface area contributed by atoms with Crippen LogP contribution in [0.4, 0.5) is 0 Å². The molecule has 0 aliphatic heterocycles. The second kappa shape index (κ2) is 3.74. The van der Waals surface area contributed by atoms with Crippen LogP contribution in [0, 0.1) is 18.3 Å². The molecule has 0 saturated heterocycles. The number of nitriles is 1. The molecule has 1 heteroatoms. The molecule has 1 unspecified atom stereocenters. The first-order valence-electron chi connectivity index (χ1n) is 5.12. The van der Waals surface area contributed by atoms with E-state index in [1.165, 1.54) is 16.3 Å². The predicted molar refractivity (Wildman–Crippen MR) is 62.7 cm³/mol. The van der Waals surface area contributed by atoms with Gasteiger partial charge in [-0.3, -0.25) is 0 Å². The Morgan fingerprint density at radius 1 is 1.13 bits per heavy atom. The van der Waals surface area contributed by atoms with Crippen molar-refractivity contribution < 1.29 is 0 Å². The molecule has 0 heterocycles. The minimum absolute atomic E-state index is 0.0328. The van der Waals surface area contributed by atoms with Crippen molar-refractivity contribution in [2.75, 3.05) is 0 Å². The van der Waals surface area contributed by atoms with Crippen LogP contribution >= 0.6 is 0 Å². The maximum absolute atomic E-state index is 8.93. The van der Waals surface area contributed by atoms with E-state index >= 15 is 0 Å². The summed E-state index contributed by atoms with van der Waals surface area (Å²) in [6.07, 6.45) is 0.